The highest BCUT2D eigenvalue weighted by Gasteiger charge is 2.07. The fourth-order valence-electron chi connectivity index (χ4n) is 1.15. The van der Waals surface area contributed by atoms with Crippen LogP contribution in [-0.4, -0.2) is 9.97 Å². The van der Waals surface area contributed by atoms with Gasteiger partial charge in [0.05, 0.1) is 17.6 Å². The zero-order valence-corrected chi connectivity index (χ0v) is 7.87. The SMILES string of the molecule is Cl.NCc1nc2cc(F)c(F)cc2[nH]1. The van der Waals surface area contributed by atoms with Crippen molar-refractivity contribution in [3.63, 3.8) is 0 Å². The Balaban J connectivity index is 0.000000980. The van der Waals surface area contributed by atoms with E-state index in [1.807, 2.05) is 0 Å². The number of halogens is 3. The molecule has 3 nitrogen and oxygen atoms in total. The van der Waals surface area contributed by atoms with E-state index in [4.69, 9.17) is 5.73 Å². The van der Waals surface area contributed by atoms with Crippen LogP contribution in [0.4, 0.5) is 8.78 Å². The Morgan fingerprint density at radius 1 is 1.29 bits per heavy atom. The first-order chi connectivity index (χ1) is 6.20. The number of aromatic amines is 1. The fraction of sp³-hybridized carbons (Fsp3) is 0.125. The number of aromatic nitrogens is 2. The minimum Gasteiger partial charge on any atom is -0.341 e. The molecule has 2 aromatic rings. The molecular weight excluding hydrogens is 212 g/mol. The molecule has 1 aromatic heterocycles. The Labute approximate surface area is 84.7 Å². The first kappa shape index (κ1) is 10.9. The summed E-state index contributed by atoms with van der Waals surface area (Å²) < 4.78 is 25.4. The van der Waals surface area contributed by atoms with Gasteiger partial charge in [0, 0.05) is 12.1 Å². The van der Waals surface area contributed by atoms with Crippen LogP contribution >= 0.6 is 12.4 Å². The Hall–Kier alpha value is -1.20. The van der Waals surface area contributed by atoms with Crippen LogP contribution < -0.4 is 5.73 Å². The summed E-state index contributed by atoms with van der Waals surface area (Å²) in [6.45, 7) is 0.220. The van der Waals surface area contributed by atoms with E-state index in [1.165, 1.54) is 0 Å². The van der Waals surface area contributed by atoms with Gasteiger partial charge in [-0.3, -0.25) is 0 Å². The molecule has 0 radical (unpaired) electrons. The number of nitrogens with one attached hydrogen (secondary N) is 1. The van der Waals surface area contributed by atoms with Crippen LogP contribution in [0.2, 0.25) is 0 Å². The molecule has 0 atom stereocenters. The van der Waals surface area contributed by atoms with Crippen LogP contribution in [0.3, 0.4) is 0 Å². The van der Waals surface area contributed by atoms with Crippen molar-refractivity contribution in [3.8, 4) is 0 Å². The molecule has 0 aliphatic heterocycles. The van der Waals surface area contributed by atoms with Crippen LogP contribution in [0.5, 0.6) is 0 Å². The van der Waals surface area contributed by atoms with Crippen molar-refractivity contribution in [1.29, 1.82) is 0 Å². The Kier molecular flexibility index (Phi) is 3.03. The van der Waals surface area contributed by atoms with E-state index in [1.54, 1.807) is 0 Å². The largest absolute Gasteiger partial charge is 0.341 e. The van der Waals surface area contributed by atoms with Gasteiger partial charge in [0.2, 0.25) is 0 Å². The van der Waals surface area contributed by atoms with Gasteiger partial charge in [0.25, 0.3) is 0 Å². The monoisotopic (exact) mass is 219 g/mol. The molecular formula is C8H8ClF2N3. The number of fused-ring (bicyclic) bond motifs is 1. The van der Waals surface area contributed by atoms with E-state index < -0.39 is 11.6 Å². The maximum Gasteiger partial charge on any atom is 0.161 e. The molecule has 0 saturated heterocycles. The molecule has 1 aromatic carbocycles. The highest BCUT2D eigenvalue weighted by atomic mass is 35.5. The second-order valence-electron chi connectivity index (χ2n) is 2.67. The average Bonchev–Trinajstić information content (AvgIpc) is 2.48. The van der Waals surface area contributed by atoms with Gasteiger partial charge in [0.15, 0.2) is 11.6 Å². The van der Waals surface area contributed by atoms with Gasteiger partial charge in [-0.15, -0.1) is 12.4 Å². The Bertz CT molecular complexity index is 416. The van der Waals surface area contributed by atoms with Crippen molar-refractivity contribution >= 4 is 23.4 Å². The number of imidazole rings is 1. The maximum absolute atomic E-state index is 12.7. The molecule has 3 N–H and O–H groups in total. The summed E-state index contributed by atoms with van der Waals surface area (Å²) >= 11 is 0. The van der Waals surface area contributed by atoms with Crippen molar-refractivity contribution in [1.82, 2.24) is 9.97 Å². The summed E-state index contributed by atoms with van der Waals surface area (Å²) in [5.74, 6) is -1.28. The van der Waals surface area contributed by atoms with Crippen LogP contribution in [0, 0.1) is 11.6 Å². The summed E-state index contributed by atoms with van der Waals surface area (Å²) in [6.07, 6.45) is 0. The lowest BCUT2D eigenvalue weighted by Gasteiger charge is -1.90. The van der Waals surface area contributed by atoms with E-state index in [9.17, 15) is 8.78 Å². The lowest BCUT2D eigenvalue weighted by Crippen LogP contribution is -1.97. The minimum absolute atomic E-state index is 0. The molecule has 0 bridgehead atoms. The summed E-state index contributed by atoms with van der Waals surface area (Å²) in [7, 11) is 0. The van der Waals surface area contributed by atoms with Crippen LogP contribution in [0.15, 0.2) is 12.1 Å². The highest BCUT2D eigenvalue weighted by Crippen LogP contribution is 2.15. The maximum atomic E-state index is 12.7. The molecule has 6 heteroatoms. The normalized spacial score (nSPS) is 10.2. The number of nitrogens with two attached hydrogens (primary N) is 1. The van der Waals surface area contributed by atoms with Gasteiger partial charge in [-0.25, -0.2) is 13.8 Å². The molecule has 2 rings (SSSR count). The number of benzene rings is 1. The smallest absolute Gasteiger partial charge is 0.161 e. The van der Waals surface area contributed by atoms with E-state index in [0.29, 0.717) is 16.9 Å². The molecule has 0 fully saturated rings. The first-order valence-electron chi connectivity index (χ1n) is 3.74. The van der Waals surface area contributed by atoms with Crippen LogP contribution in [-0.2, 0) is 6.54 Å². The molecule has 14 heavy (non-hydrogen) atoms. The predicted molar refractivity (Wildman–Crippen MR) is 51.1 cm³/mol. The highest BCUT2D eigenvalue weighted by molar-refractivity contribution is 5.85. The Morgan fingerprint density at radius 3 is 2.57 bits per heavy atom. The molecule has 0 spiro atoms. The molecule has 1 heterocycles. The Morgan fingerprint density at radius 2 is 1.93 bits per heavy atom. The van der Waals surface area contributed by atoms with Gasteiger partial charge >= 0.3 is 0 Å². The number of rotatable bonds is 1. The fourth-order valence-corrected chi connectivity index (χ4v) is 1.15. The number of hydrogen-bond donors (Lipinski definition) is 2. The van der Waals surface area contributed by atoms with E-state index in [0.717, 1.165) is 12.1 Å². The molecule has 0 saturated carbocycles. The first-order valence-corrected chi connectivity index (χ1v) is 3.74. The van der Waals surface area contributed by atoms with Gasteiger partial charge in [-0.05, 0) is 0 Å². The second-order valence-corrected chi connectivity index (χ2v) is 2.67. The summed E-state index contributed by atoms with van der Waals surface area (Å²) in [5.41, 5.74) is 6.15. The van der Waals surface area contributed by atoms with Crippen LogP contribution in [0.1, 0.15) is 5.82 Å². The number of nitrogens with zero attached hydrogens (tertiary/aromatic N) is 1. The average molecular weight is 220 g/mol. The zero-order chi connectivity index (χ0) is 9.42. The molecule has 0 unspecified atom stereocenters. The van der Waals surface area contributed by atoms with Crippen LogP contribution in [0.25, 0.3) is 11.0 Å². The lowest BCUT2D eigenvalue weighted by atomic mass is 10.3. The van der Waals surface area contributed by atoms with E-state index >= 15 is 0 Å². The predicted octanol–water partition coefficient (Wildman–Crippen LogP) is 1.72. The quantitative estimate of drug-likeness (QED) is 0.767. The summed E-state index contributed by atoms with van der Waals surface area (Å²) in [5, 5.41) is 0. The van der Waals surface area contributed by atoms with Crippen molar-refractivity contribution in [3.05, 3.63) is 29.6 Å². The standard InChI is InChI=1S/C8H7F2N3.ClH/c9-4-1-6-7(2-5(4)10)13-8(3-11)12-6;/h1-2H,3,11H2,(H,12,13);1H. The second kappa shape index (κ2) is 3.89. The summed E-state index contributed by atoms with van der Waals surface area (Å²) in [4.78, 5) is 6.72. The topological polar surface area (TPSA) is 54.7 Å². The molecule has 0 aliphatic rings. The third kappa shape index (κ3) is 1.69. The van der Waals surface area contributed by atoms with Crippen molar-refractivity contribution < 1.29 is 8.78 Å². The lowest BCUT2D eigenvalue weighted by molar-refractivity contribution is 0.510. The minimum atomic E-state index is -0.900. The van der Waals surface area contributed by atoms with Gasteiger partial charge in [-0.1, -0.05) is 0 Å². The molecule has 0 amide bonds. The third-order valence-electron chi connectivity index (χ3n) is 1.77. The van der Waals surface area contributed by atoms with Crippen molar-refractivity contribution in [2.45, 2.75) is 6.54 Å². The third-order valence-corrected chi connectivity index (χ3v) is 1.77. The summed E-state index contributed by atoms with van der Waals surface area (Å²) in [6, 6.07) is 2.11. The zero-order valence-electron chi connectivity index (χ0n) is 7.05. The molecule has 76 valence electrons. The molecule has 0 aliphatic carbocycles. The van der Waals surface area contributed by atoms with E-state index in [-0.39, 0.29) is 19.0 Å². The van der Waals surface area contributed by atoms with E-state index in [2.05, 4.69) is 9.97 Å². The number of H-pyrrole nitrogens is 1. The van der Waals surface area contributed by atoms with Gasteiger partial charge in [-0.2, -0.15) is 0 Å². The van der Waals surface area contributed by atoms with Crippen molar-refractivity contribution in [2.24, 2.45) is 5.73 Å². The van der Waals surface area contributed by atoms with Gasteiger partial charge in [0.1, 0.15) is 5.82 Å². The van der Waals surface area contributed by atoms with Crippen molar-refractivity contribution in [2.75, 3.05) is 0 Å². The van der Waals surface area contributed by atoms with Gasteiger partial charge < -0.3 is 10.7 Å². The number of hydrogen-bond acceptors (Lipinski definition) is 2.